The van der Waals surface area contributed by atoms with Crippen molar-refractivity contribution in [2.45, 2.75) is 13.8 Å². The van der Waals surface area contributed by atoms with E-state index in [-0.39, 0.29) is 12.3 Å². The summed E-state index contributed by atoms with van der Waals surface area (Å²) >= 11 is 0. The molecule has 0 atom stereocenters. The fraction of sp³-hybridized carbons (Fsp3) is 0.250. The normalized spacial score (nSPS) is 11.8. The highest BCUT2D eigenvalue weighted by molar-refractivity contribution is 5.87. The SMILES string of the molecule is CCOC(=O)C(=CO)N=Nc1ccc(C)cc1. The molecular formula is C12H14N2O3. The van der Waals surface area contributed by atoms with Crippen LogP contribution >= 0.6 is 0 Å². The zero-order valence-corrected chi connectivity index (χ0v) is 9.75. The number of azo groups is 1. The number of aryl methyl sites for hydroxylation is 1. The third-order valence-corrected chi connectivity index (χ3v) is 1.91. The molecule has 1 aromatic rings. The summed E-state index contributed by atoms with van der Waals surface area (Å²) in [7, 11) is 0. The predicted molar refractivity (Wildman–Crippen MR) is 63.0 cm³/mol. The average molecular weight is 234 g/mol. The molecule has 0 unspecified atom stereocenters. The fourth-order valence-electron chi connectivity index (χ4n) is 1.05. The number of rotatable bonds is 4. The van der Waals surface area contributed by atoms with Crippen LogP contribution in [0.4, 0.5) is 5.69 Å². The maximum Gasteiger partial charge on any atom is 0.362 e. The van der Waals surface area contributed by atoms with Crippen LogP contribution in [0.1, 0.15) is 12.5 Å². The number of carbonyl (C=O) groups is 1. The van der Waals surface area contributed by atoms with Crippen LogP contribution in [0.15, 0.2) is 46.5 Å². The molecule has 17 heavy (non-hydrogen) atoms. The van der Waals surface area contributed by atoms with Crippen molar-refractivity contribution in [3.05, 3.63) is 41.8 Å². The number of aliphatic hydroxyl groups excluding tert-OH is 1. The van der Waals surface area contributed by atoms with Gasteiger partial charge in [0.2, 0.25) is 5.70 Å². The zero-order chi connectivity index (χ0) is 12.7. The van der Waals surface area contributed by atoms with Crippen molar-refractivity contribution in [1.29, 1.82) is 0 Å². The second-order valence-corrected chi connectivity index (χ2v) is 3.27. The summed E-state index contributed by atoms with van der Waals surface area (Å²) in [5.74, 6) is -0.703. The van der Waals surface area contributed by atoms with E-state index in [0.29, 0.717) is 11.9 Å². The number of benzene rings is 1. The third-order valence-electron chi connectivity index (χ3n) is 1.91. The van der Waals surface area contributed by atoms with Gasteiger partial charge in [0, 0.05) is 0 Å². The van der Waals surface area contributed by atoms with E-state index in [1.165, 1.54) is 0 Å². The molecule has 0 aliphatic carbocycles. The number of carbonyl (C=O) groups excluding carboxylic acids is 1. The molecule has 0 bridgehead atoms. The minimum absolute atomic E-state index is 0.218. The second-order valence-electron chi connectivity index (χ2n) is 3.27. The lowest BCUT2D eigenvalue weighted by Gasteiger charge is -1.99. The Morgan fingerprint density at radius 1 is 1.41 bits per heavy atom. The molecule has 90 valence electrons. The van der Waals surface area contributed by atoms with Crippen molar-refractivity contribution < 1.29 is 14.6 Å². The molecular weight excluding hydrogens is 220 g/mol. The predicted octanol–water partition coefficient (Wildman–Crippen LogP) is 3.04. The molecule has 0 radical (unpaired) electrons. The molecule has 0 amide bonds. The molecule has 0 fully saturated rings. The summed E-state index contributed by atoms with van der Waals surface area (Å²) in [5, 5.41) is 16.3. The molecule has 0 aromatic heterocycles. The first-order chi connectivity index (χ1) is 8.17. The maximum atomic E-state index is 11.2. The minimum atomic E-state index is -0.703. The smallest absolute Gasteiger partial charge is 0.362 e. The number of ether oxygens (including phenoxy) is 1. The molecule has 1 N–H and O–H groups in total. The van der Waals surface area contributed by atoms with E-state index in [0.717, 1.165) is 5.56 Å². The van der Waals surface area contributed by atoms with Gasteiger partial charge < -0.3 is 9.84 Å². The molecule has 0 heterocycles. The van der Waals surface area contributed by atoms with E-state index >= 15 is 0 Å². The molecule has 0 saturated carbocycles. The van der Waals surface area contributed by atoms with Gasteiger partial charge in [-0.2, -0.15) is 5.11 Å². The van der Waals surface area contributed by atoms with Crippen molar-refractivity contribution in [1.82, 2.24) is 0 Å². The number of hydrogen-bond donors (Lipinski definition) is 1. The summed E-state index contributed by atoms with van der Waals surface area (Å²) in [6.45, 7) is 3.85. The first-order valence-electron chi connectivity index (χ1n) is 5.17. The zero-order valence-electron chi connectivity index (χ0n) is 9.75. The average Bonchev–Trinajstić information content (AvgIpc) is 2.32. The first kappa shape index (κ1) is 12.9. The van der Waals surface area contributed by atoms with E-state index in [1.54, 1.807) is 19.1 Å². The van der Waals surface area contributed by atoms with E-state index < -0.39 is 5.97 Å². The Balaban J connectivity index is 2.75. The first-order valence-corrected chi connectivity index (χ1v) is 5.17. The lowest BCUT2D eigenvalue weighted by molar-refractivity contribution is -0.138. The van der Waals surface area contributed by atoms with Gasteiger partial charge in [-0.3, -0.25) is 0 Å². The van der Waals surface area contributed by atoms with Crippen molar-refractivity contribution in [3.63, 3.8) is 0 Å². The van der Waals surface area contributed by atoms with Gasteiger partial charge in [0.1, 0.15) is 6.26 Å². The highest BCUT2D eigenvalue weighted by Gasteiger charge is 2.09. The van der Waals surface area contributed by atoms with Crippen molar-refractivity contribution in [3.8, 4) is 0 Å². The van der Waals surface area contributed by atoms with Crippen molar-refractivity contribution in [2.75, 3.05) is 6.61 Å². The van der Waals surface area contributed by atoms with Crippen LogP contribution in [0.3, 0.4) is 0 Å². The molecule has 5 nitrogen and oxygen atoms in total. The topological polar surface area (TPSA) is 71.2 Å². The molecule has 0 aliphatic rings. The molecule has 5 heteroatoms. The summed E-state index contributed by atoms with van der Waals surface area (Å²) in [6.07, 6.45) is 0.579. The molecule has 0 saturated heterocycles. The van der Waals surface area contributed by atoms with Crippen molar-refractivity contribution in [2.24, 2.45) is 10.2 Å². The summed E-state index contributed by atoms with van der Waals surface area (Å²) in [4.78, 5) is 11.2. The van der Waals surface area contributed by atoms with Crippen LogP contribution in [0.2, 0.25) is 0 Å². The van der Waals surface area contributed by atoms with Gasteiger partial charge >= 0.3 is 5.97 Å². The third kappa shape index (κ3) is 4.06. The maximum absolute atomic E-state index is 11.2. The fourth-order valence-corrected chi connectivity index (χ4v) is 1.05. The Hall–Kier alpha value is -2.17. The highest BCUT2D eigenvalue weighted by atomic mass is 16.5. The minimum Gasteiger partial charge on any atom is -0.513 e. The number of aliphatic hydroxyl groups is 1. The van der Waals surface area contributed by atoms with Crippen LogP contribution < -0.4 is 0 Å². The number of nitrogens with zero attached hydrogens (tertiary/aromatic N) is 2. The van der Waals surface area contributed by atoms with Crippen LogP contribution in [0.25, 0.3) is 0 Å². The largest absolute Gasteiger partial charge is 0.513 e. The lowest BCUT2D eigenvalue weighted by atomic mass is 10.2. The number of esters is 1. The van der Waals surface area contributed by atoms with E-state index in [1.807, 2.05) is 19.1 Å². The van der Waals surface area contributed by atoms with Crippen LogP contribution in [0.5, 0.6) is 0 Å². The Morgan fingerprint density at radius 2 is 2.06 bits per heavy atom. The second kappa shape index (κ2) is 6.42. The Morgan fingerprint density at radius 3 is 2.59 bits per heavy atom. The van der Waals surface area contributed by atoms with Gasteiger partial charge in [0.05, 0.1) is 12.3 Å². The summed E-state index contributed by atoms with van der Waals surface area (Å²) in [5.41, 5.74) is 1.47. The lowest BCUT2D eigenvalue weighted by Crippen LogP contribution is -2.05. The Bertz CT molecular complexity index is 436. The van der Waals surface area contributed by atoms with E-state index in [4.69, 9.17) is 5.11 Å². The van der Waals surface area contributed by atoms with Crippen LogP contribution in [0, 0.1) is 6.92 Å². The quantitative estimate of drug-likeness (QED) is 0.376. The van der Waals surface area contributed by atoms with Gasteiger partial charge in [0.25, 0.3) is 0 Å². The van der Waals surface area contributed by atoms with Gasteiger partial charge in [-0.05, 0) is 26.0 Å². The van der Waals surface area contributed by atoms with E-state index in [2.05, 4.69) is 15.0 Å². The number of hydrogen-bond acceptors (Lipinski definition) is 5. The van der Waals surface area contributed by atoms with Gasteiger partial charge in [-0.25, -0.2) is 4.79 Å². The highest BCUT2D eigenvalue weighted by Crippen LogP contribution is 2.14. The molecule has 1 aromatic carbocycles. The van der Waals surface area contributed by atoms with Crippen LogP contribution in [-0.4, -0.2) is 17.7 Å². The van der Waals surface area contributed by atoms with Crippen LogP contribution in [-0.2, 0) is 9.53 Å². The Labute approximate surface area is 99.4 Å². The van der Waals surface area contributed by atoms with Crippen molar-refractivity contribution >= 4 is 11.7 Å². The Kier molecular flexibility index (Phi) is 4.87. The summed E-state index contributed by atoms with van der Waals surface area (Å²) < 4.78 is 4.68. The molecule has 0 aliphatic heterocycles. The molecule has 0 spiro atoms. The van der Waals surface area contributed by atoms with Gasteiger partial charge in [-0.15, -0.1) is 5.11 Å². The standard InChI is InChI=1S/C12H14N2O3/c1-3-17-12(16)11(8-15)14-13-10-6-4-9(2)5-7-10/h4-8,15H,3H2,1-2H3. The molecule has 1 rings (SSSR count). The van der Waals surface area contributed by atoms with E-state index in [9.17, 15) is 4.79 Å². The van der Waals surface area contributed by atoms with Gasteiger partial charge in [-0.1, -0.05) is 17.7 Å². The van der Waals surface area contributed by atoms with Gasteiger partial charge in [0.15, 0.2) is 0 Å². The monoisotopic (exact) mass is 234 g/mol. The summed E-state index contributed by atoms with van der Waals surface area (Å²) in [6, 6.07) is 7.28.